The minimum absolute atomic E-state index is 0.0103. The highest BCUT2D eigenvalue weighted by molar-refractivity contribution is 7.88. The third-order valence-electron chi connectivity index (χ3n) is 7.16. The van der Waals surface area contributed by atoms with Gasteiger partial charge in [0.2, 0.25) is 10.0 Å². The van der Waals surface area contributed by atoms with Crippen molar-refractivity contribution in [3.8, 4) is 0 Å². The van der Waals surface area contributed by atoms with Crippen molar-refractivity contribution in [2.24, 2.45) is 11.3 Å². The minimum Gasteiger partial charge on any atom is -0.317 e. The number of hydrogen-bond acceptors (Lipinski definition) is 4. The summed E-state index contributed by atoms with van der Waals surface area (Å²) in [5.41, 5.74) is 0.863. The third kappa shape index (κ3) is 3.87. The Kier molecular flexibility index (Phi) is 4.98. The molecule has 1 atom stereocenters. The van der Waals surface area contributed by atoms with Crippen molar-refractivity contribution in [3.63, 3.8) is 0 Å². The first-order valence-corrected chi connectivity index (χ1v) is 12.6. The molecule has 1 saturated heterocycles. The molecule has 29 heavy (non-hydrogen) atoms. The molecule has 1 unspecified atom stereocenters. The van der Waals surface area contributed by atoms with Crippen LogP contribution in [0.2, 0.25) is 0 Å². The van der Waals surface area contributed by atoms with Gasteiger partial charge in [0.1, 0.15) is 12.2 Å². The van der Waals surface area contributed by atoms with Gasteiger partial charge in [-0.1, -0.05) is 49.6 Å². The highest BCUT2D eigenvalue weighted by Gasteiger charge is 2.52. The summed E-state index contributed by atoms with van der Waals surface area (Å²) in [6.45, 7) is 2.15. The van der Waals surface area contributed by atoms with Crippen molar-refractivity contribution in [2.45, 2.75) is 63.2 Å². The van der Waals surface area contributed by atoms with Gasteiger partial charge in [-0.15, -0.1) is 10.2 Å². The zero-order valence-corrected chi connectivity index (χ0v) is 17.7. The molecule has 3 fully saturated rings. The van der Waals surface area contributed by atoms with E-state index >= 15 is 0 Å². The minimum atomic E-state index is -3.36. The van der Waals surface area contributed by atoms with E-state index in [-0.39, 0.29) is 17.1 Å². The Labute approximate surface area is 173 Å². The molecule has 3 aliphatic rings. The lowest BCUT2D eigenvalue weighted by Crippen LogP contribution is -2.35. The van der Waals surface area contributed by atoms with Gasteiger partial charge in [-0.3, -0.25) is 0 Å². The molecule has 6 nitrogen and oxygen atoms in total. The molecular weight excluding hydrogens is 384 g/mol. The molecule has 1 spiro atoms. The van der Waals surface area contributed by atoms with E-state index in [1.54, 1.807) is 4.31 Å². The van der Waals surface area contributed by atoms with Gasteiger partial charge < -0.3 is 4.57 Å². The second-order valence-electron chi connectivity index (χ2n) is 9.29. The molecule has 2 heterocycles. The molecule has 7 heteroatoms. The van der Waals surface area contributed by atoms with Crippen LogP contribution in [-0.2, 0) is 22.3 Å². The molecule has 0 bridgehead atoms. The summed E-state index contributed by atoms with van der Waals surface area (Å²) in [4.78, 5) is 0. The van der Waals surface area contributed by atoms with Crippen LogP contribution in [0.15, 0.2) is 36.7 Å². The monoisotopic (exact) mass is 414 g/mol. The Balaban J connectivity index is 1.44. The van der Waals surface area contributed by atoms with Gasteiger partial charge in [0, 0.05) is 25.6 Å². The number of rotatable bonds is 6. The molecule has 0 radical (unpaired) electrons. The molecule has 0 amide bonds. The molecule has 0 N–H and O–H groups in total. The number of nitrogens with zero attached hydrogens (tertiary/aromatic N) is 4. The number of aromatic nitrogens is 3. The molecule has 2 aliphatic carbocycles. The van der Waals surface area contributed by atoms with Crippen molar-refractivity contribution in [1.82, 2.24) is 19.1 Å². The van der Waals surface area contributed by atoms with E-state index < -0.39 is 10.0 Å². The molecule has 2 aromatic rings. The summed E-state index contributed by atoms with van der Waals surface area (Å²) in [5, 5.41) is 8.75. The fourth-order valence-corrected chi connectivity index (χ4v) is 7.01. The SMILES string of the molecule is O=S(=O)(Cc1ccccc1)N1CC(c2nncn2CC2CC2)C2(CCCCC2)C1. The lowest BCUT2D eigenvalue weighted by Gasteiger charge is -2.37. The quantitative estimate of drug-likeness (QED) is 0.725. The summed E-state index contributed by atoms with van der Waals surface area (Å²) < 4.78 is 30.6. The van der Waals surface area contributed by atoms with E-state index in [2.05, 4.69) is 14.8 Å². The number of sulfonamides is 1. The van der Waals surface area contributed by atoms with E-state index in [1.165, 1.54) is 32.1 Å². The Morgan fingerprint density at radius 2 is 1.83 bits per heavy atom. The Morgan fingerprint density at radius 3 is 2.55 bits per heavy atom. The normalized spacial score (nSPS) is 24.9. The fourth-order valence-electron chi connectivity index (χ4n) is 5.38. The lowest BCUT2D eigenvalue weighted by atomic mass is 9.67. The smallest absolute Gasteiger partial charge is 0.218 e. The number of hydrogen-bond donors (Lipinski definition) is 0. The molecule has 156 valence electrons. The van der Waals surface area contributed by atoms with Gasteiger partial charge in [-0.25, -0.2) is 12.7 Å². The molecule has 1 aromatic heterocycles. The van der Waals surface area contributed by atoms with Crippen molar-refractivity contribution in [2.75, 3.05) is 13.1 Å². The fraction of sp³-hybridized carbons (Fsp3) is 0.636. The van der Waals surface area contributed by atoms with E-state index in [4.69, 9.17) is 0 Å². The highest BCUT2D eigenvalue weighted by Crippen LogP contribution is 2.52. The van der Waals surface area contributed by atoms with Gasteiger partial charge >= 0.3 is 0 Å². The molecule has 2 saturated carbocycles. The average molecular weight is 415 g/mol. The van der Waals surface area contributed by atoms with Gasteiger partial charge in [0.25, 0.3) is 0 Å². The molecule has 1 aromatic carbocycles. The molecular formula is C22H30N4O2S. The topological polar surface area (TPSA) is 68.1 Å². The van der Waals surface area contributed by atoms with Crippen molar-refractivity contribution in [1.29, 1.82) is 0 Å². The Morgan fingerprint density at radius 1 is 1.07 bits per heavy atom. The van der Waals surface area contributed by atoms with Crippen LogP contribution in [0.3, 0.4) is 0 Å². The maximum atomic E-state index is 13.3. The van der Waals surface area contributed by atoms with Crippen LogP contribution in [0.25, 0.3) is 0 Å². The van der Waals surface area contributed by atoms with Crippen molar-refractivity contribution < 1.29 is 8.42 Å². The molecule has 5 rings (SSSR count). The van der Waals surface area contributed by atoms with Crippen LogP contribution in [0, 0.1) is 11.3 Å². The summed E-state index contributed by atoms with van der Waals surface area (Å²) in [5.74, 6) is 1.97. The summed E-state index contributed by atoms with van der Waals surface area (Å²) in [6.07, 6.45) is 10.2. The maximum Gasteiger partial charge on any atom is 0.218 e. The van der Waals surface area contributed by atoms with Crippen molar-refractivity contribution >= 4 is 10.0 Å². The zero-order chi connectivity index (χ0) is 19.9. The first-order valence-electron chi connectivity index (χ1n) is 11.0. The van der Waals surface area contributed by atoms with Crippen LogP contribution in [0.4, 0.5) is 0 Å². The van der Waals surface area contributed by atoms with E-state index in [0.717, 1.165) is 36.7 Å². The van der Waals surface area contributed by atoms with Gasteiger partial charge in [-0.2, -0.15) is 0 Å². The standard InChI is InChI=1S/C22H30N4O2S/c27-29(28,15-19-7-3-1-4-8-19)26-14-20(22(16-26)11-5-2-6-12-22)21-24-23-17-25(21)13-18-9-10-18/h1,3-4,7-8,17-18,20H,2,5-6,9-16H2. The third-order valence-corrected chi connectivity index (χ3v) is 8.92. The van der Waals surface area contributed by atoms with E-state index in [1.807, 2.05) is 36.7 Å². The predicted octanol–water partition coefficient (Wildman–Crippen LogP) is 3.57. The maximum absolute atomic E-state index is 13.3. The summed E-state index contributed by atoms with van der Waals surface area (Å²) >= 11 is 0. The first kappa shape index (κ1) is 19.2. The van der Waals surface area contributed by atoms with Crippen LogP contribution >= 0.6 is 0 Å². The summed E-state index contributed by atoms with van der Waals surface area (Å²) in [7, 11) is -3.36. The van der Waals surface area contributed by atoms with Crippen LogP contribution in [0.1, 0.15) is 62.3 Å². The lowest BCUT2D eigenvalue weighted by molar-refractivity contribution is 0.176. The van der Waals surface area contributed by atoms with Gasteiger partial charge in [0.15, 0.2) is 0 Å². The second-order valence-corrected chi connectivity index (χ2v) is 11.3. The van der Waals surface area contributed by atoms with Gasteiger partial charge in [-0.05, 0) is 42.6 Å². The summed E-state index contributed by atoms with van der Waals surface area (Å²) in [6, 6.07) is 9.52. The first-order chi connectivity index (χ1) is 14.1. The zero-order valence-electron chi connectivity index (χ0n) is 16.9. The predicted molar refractivity (Wildman–Crippen MR) is 112 cm³/mol. The average Bonchev–Trinajstić information content (AvgIpc) is 3.29. The van der Waals surface area contributed by atoms with Crippen LogP contribution in [-0.4, -0.2) is 40.6 Å². The largest absolute Gasteiger partial charge is 0.317 e. The van der Waals surface area contributed by atoms with Crippen molar-refractivity contribution in [3.05, 3.63) is 48.0 Å². The Bertz CT molecular complexity index is 946. The Hall–Kier alpha value is -1.73. The van der Waals surface area contributed by atoms with Crippen LogP contribution < -0.4 is 0 Å². The van der Waals surface area contributed by atoms with Crippen LogP contribution in [0.5, 0.6) is 0 Å². The highest BCUT2D eigenvalue weighted by atomic mass is 32.2. The number of benzene rings is 1. The molecule has 1 aliphatic heterocycles. The van der Waals surface area contributed by atoms with Gasteiger partial charge in [0.05, 0.1) is 5.75 Å². The second kappa shape index (κ2) is 7.51. The van der Waals surface area contributed by atoms with E-state index in [9.17, 15) is 8.42 Å². The van der Waals surface area contributed by atoms with E-state index in [0.29, 0.717) is 13.1 Å².